The van der Waals surface area contributed by atoms with Crippen molar-refractivity contribution in [3.63, 3.8) is 0 Å². The van der Waals surface area contributed by atoms with E-state index in [1.807, 2.05) is 83.4 Å². The third-order valence-electron chi connectivity index (χ3n) is 9.99. The van der Waals surface area contributed by atoms with E-state index in [1.54, 1.807) is 48.5 Å². The van der Waals surface area contributed by atoms with Gasteiger partial charge in [0.15, 0.2) is 0 Å². The second kappa shape index (κ2) is 15.9. The minimum atomic E-state index is -2.41. The molecular weight excluding hydrogens is 890 g/mol. The predicted molar refractivity (Wildman–Crippen MR) is 235 cm³/mol. The van der Waals surface area contributed by atoms with Crippen molar-refractivity contribution in [2.24, 2.45) is 0 Å². The van der Waals surface area contributed by atoms with E-state index >= 15 is 0 Å². The second-order valence-corrected chi connectivity index (χ2v) is 14.8. The fraction of sp³-hybridized carbons (Fsp3) is 0.0943. The van der Waals surface area contributed by atoms with Gasteiger partial charge in [-0.15, -0.1) is 23.8 Å². The summed E-state index contributed by atoms with van der Waals surface area (Å²) in [7, 11) is 0. The first-order chi connectivity index (χ1) is 32.2. The van der Waals surface area contributed by atoms with Crippen molar-refractivity contribution < 1.29 is 41.3 Å². The van der Waals surface area contributed by atoms with Gasteiger partial charge in [0, 0.05) is 42.6 Å². The van der Waals surface area contributed by atoms with Gasteiger partial charge in [-0.1, -0.05) is 164 Å². The summed E-state index contributed by atoms with van der Waals surface area (Å²) in [5.41, 5.74) is 6.52. The van der Waals surface area contributed by atoms with Gasteiger partial charge < -0.3 is 5.11 Å². The maximum Gasteiger partial charge on any atom is 0.148 e. The third-order valence-corrected chi connectivity index (χ3v) is 9.99. The summed E-state index contributed by atoms with van der Waals surface area (Å²) >= 11 is 0. The molecule has 9 aromatic rings. The van der Waals surface area contributed by atoms with E-state index in [9.17, 15) is 6.48 Å². The topological polar surface area (TPSA) is 50.9 Å². The van der Waals surface area contributed by atoms with Crippen molar-refractivity contribution in [1.29, 1.82) is 0 Å². The Balaban J connectivity index is 0.00000642. The van der Waals surface area contributed by atoms with Crippen LogP contribution in [-0.4, -0.2) is 19.6 Å². The molecule has 0 fully saturated rings. The number of imidazole rings is 1. The van der Waals surface area contributed by atoms with Gasteiger partial charge in [-0.2, -0.15) is 0 Å². The molecule has 9 rings (SSSR count). The Hall–Kier alpha value is -6.35. The van der Waals surface area contributed by atoms with Gasteiger partial charge >= 0.3 is 0 Å². The van der Waals surface area contributed by atoms with Crippen LogP contribution in [0.25, 0.3) is 83.9 Å². The number of hydrogen-bond donors (Lipinski definition) is 1. The van der Waals surface area contributed by atoms with E-state index < -0.39 is 55.3 Å². The van der Waals surface area contributed by atoms with Crippen molar-refractivity contribution in [1.82, 2.24) is 14.5 Å². The van der Waals surface area contributed by atoms with E-state index in [0.29, 0.717) is 50.4 Å². The average Bonchev–Trinajstić information content (AvgIpc) is 3.71. The molecule has 286 valence electrons. The molecule has 0 aliphatic heterocycles. The molecular formula is C53H42N3OPt-. The summed E-state index contributed by atoms with van der Waals surface area (Å²) in [6, 6.07) is 37.8. The fourth-order valence-corrected chi connectivity index (χ4v) is 7.10. The minimum Gasteiger partial charge on any atom is -0.507 e. The molecule has 0 aliphatic rings. The van der Waals surface area contributed by atoms with E-state index in [1.165, 1.54) is 0 Å². The van der Waals surface area contributed by atoms with Gasteiger partial charge in [0.25, 0.3) is 0 Å². The number of fused-ring (bicyclic) bond motifs is 1. The number of nitrogens with zero attached hydrogens (tertiary/aromatic N) is 3. The van der Waals surface area contributed by atoms with Crippen LogP contribution in [0.4, 0.5) is 0 Å². The number of aromatic nitrogens is 3. The van der Waals surface area contributed by atoms with Crippen molar-refractivity contribution in [2.75, 3.05) is 0 Å². The molecule has 2 aromatic heterocycles. The molecule has 0 spiro atoms. The van der Waals surface area contributed by atoms with Crippen LogP contribution in [0.2, 0.25) is 0 Å². The van der Waals surface area contributed by atoms with Crippen LogP contribution >= 0.6 is 0 Å². The second-order valence-electron chi connectivity index (χ2n) is 14.8. The first kappa shape index (κ1) is 27.3. The molecule has 1 N–H and O–H groups in total. The molecule has 7 aromatic carbocycles. The van der Waals surface area contributed by atoms with E-state index in [2.05, 4.69) is 31.8 Å². The van der Waals surface area contributed by atoms with Gasteiger partial charge in [-0.25, -0.2) is 4.98 Å². The molecule has 0 bridgehead atoms. The normalized spacial score (nSPS) is 14.3. The summed E-state index contributed by atoms with van der Waals surface area (Å²) in [6.07, 6.45) is -0.570. The average molecular weight is 943 g/mol. The molecule has 0 saturated heterocycles. The van der Waals surface area contributed by atoms with Crippen molar-refractivity contribution in [2.45, 2.75) is 33.0 Å². The predicted octanol–water partition coefficient (Wildman–Crippen LogP) is 13.5. The van der Waals surface area contributed by atoms with E-state index in [-0.39, 0.29) is 60.2 Å². The number of hydrogen-bond acceptors (Lipinski definition) is 3. The van der Waals surface area contributed by atoms with Gasteiger partial charge in [0.2, 0.25) is 0 Å². The standard InChI is InChI=1S/C53H42N3O.Pt/c1-35-22-27-48(46(30-35)38-23-25-43(26-24-38)53(2,3)4)56-49-20-13-19-44(51(49)55-52(56)45-18-11-12-21-50(45)57)41-31-40(37-16-9-6-10-17-37)32-42(33-41)47-34-39(28-29-54-47)36-14-7-5-8-15-36;/h5-32,34,57H,1-4H3;/q-1;/i1D3,5D,7D,8D,14D,15D,28D,29D,34D;. The fourth-order valence-electron chi connectivity index (χ4n) is 7.10. The zero-order valence-corrected chi connectivity index (χ0v) is 34.0. The van der Waals surface area contributed by atoms with Gasteiger partial charge in [-0.3, -0.25) is 9.55 Å². The van der Waals surface area contributed by atoms with Crippen molar-refractivity contribution in [3.05, 3.63) is 193 Å². The Kier molecular flexibility index (Phi) is 7.48. The molecule has 5 heteroatoms. The summed E-state index contributed by atoms with van der Waals surface area (Å²) in [5.74, 6) is 0.330. The Morgan fingerprint density at radius 2 is 1.40 bits per heavy atom. The quantitative estimate of drug-likeness (QED) is 0.162. The van der Waals surface area contributed by atoms with E-state index in [4.69, 9.17) is 18.7 Å². The maximum atomic E-state index is 11.4. The number of benzene rings is 7. The molecule has 0 amide bonds. The first-order valence-electron chi connectivity index (χ1n) is 24.0. The number of phenolic OH excluding ortho intramolecular Hbond substituents is 1. The maximum absolute atomic E-state index is 11.4. The summed E-state index contributed by atoms with van der Waals surface area (Å²) in [4.78, 5) is 9.66. The van der Waals surface area contributed by atoms with Gasteiger partial charge in [-0.05, 0) is 76.5 Å². The minimum absolute atomic E-state index is 0. The SMILES string of the molecule is [2H]c1nc(-c2[c-]c(-c3cccc4c3nc(-c3ccccc3O)n4-c3ccc(C([2H])([2H])[2H])cc3-c3ccc(C(C)(C)C)cc3)cc(-c3ccccc3)c2)c([2H])c(-c2c([2H])c([2H])c([2H])c([2H])c2[2H])c1[2H].[Pt]. The van der Waals surface area contributed by atoms with Crippen LogP contribution in [-0.2, 0) is 26.5 Å². The summed E-state index contributed by atoms with van der Waals surface area (Å²) < 4.78 is 96.2. The number of rotatable bonds is 7. The first-order valence-corrected chi connectivity index (χ1v) is 18.5. The third kappa shape index (κ3) is 7.44. The molecule has 0 aliphatic carbocycles. The molecule has 0 saturated carbocycles. The zero-order chi connectivity index (χ0) is 48.6. The van der Waals surface area contributed by atoms with E-state index in [0.717, 1.165) is 16.7 Å². The zero-order valence-electron chi connectivity index (χ0n) is 42.7. The van der Waals surface area contributed by atoms with Crippen LogP contribution in [0.3, 0.4) is 0 Å². The Morgan fingerprint density at radius 1 is 0.655 bits per heavy atom. The molecule has 58 heavy (non-hydrogen) atoms. The number of aryl methyl sites for hydroxylation is 1. The van der Waals surface area contributed by atoms with Gasteiger partial charge in [0.05, 0.1) is 33.3 Å². The Morgan fingerprint density at radius 3 is 2.16 bits per heavy atom. The van der Waals surface area contributed by atoms with Crippen LogP contribution in [0.5, 0.6) is 5.75 Å². The van der Waals surface area contributed by atoms with Crippen molar-refractivity contribution in [3.8, 4) is 78.6 Å². The molecule has 0 unspecified atom stereocenters. The smallest absolute Gasteiger partial charge is 0.148 e. The molecule has 0 radical (unpaired) electrons. The molecule has 0 atom stereocenters. The van der Waals surface area contributed by atoms with Crippen molar-refractivity contribution >= 4 is 11.0 Å². The molecule has 4 nitrogen and oxygen atoms in total. The number of phenols is 1. The Bertz CT molecular complexity index is 3450. The van der Waals surface area contributed by atoms with Crippen LogP contribution in [0.1, 0.15) is 47.0 Å². The number of aromatic hydroxyl groups is 1. The summed E-state index contributed by atoms with van der Waals surface area (Å²) in [6.45, 7) is 3.95. The largest absolute Gasteiger partial charge is 0.507 e. The Labute approximate surface area is 370 Å². The van der Waals surface area contributed by atoms with Crippen LogP contribution in [0, 0.1) is 12.9 Å². The number of para-hydroxylation sites is 2. The summed E-state index contributed by atoms with van der Waals surface area (Å²) in [5, 5.41) is 11.4. The monoisotopic (exact) mass is 942 g/mol. The van der Waals surface area contributed by atoms with Crippen LogP contribution < -0.4 is 0 Å². The van der Waals surface area contributed by atoms with Gasteiger partial charge in [0.1, 0.15) is 11.6 Å². The number of pyridine rings is 1. The molecule has 2 heterocycles. The van der Waals surface area contributed by atoms with Crippen LogP contribution in [0.15, 0.2) is 176 Å².